The number of hydrogen-bond donors (Lipinski definition) is 2. The van der Waals surface area contributed by atoms with E-state index in [9.17, 15) is 33.6 Å². The van der Waals surface area contributed by atoms with E-state index < -0.39 is 11.6 Å². The molecule has 2 atom stereocenters. The number of ketones is 3. The van der Waals surface area contributed by atoms with Gasteiger partial charge in [-0.05, 0) is 194 Å². The molecular formula is C80H158N12O10. The third-order valence-electron chi connectivity index (χ3n) is 20.5. The second-order valence-electron chi connectivity index (χ2n) is 33.5. The van der Waals surface area contributed by atoms with Gasteiger partial charge in [-0.2, -0.15) is 0 Å². The molecule has 8 aliphatic heterocycles. The number of carbonyl (C=O) groups is 7. The second kappa shape index (κ2) is 52.3. The van der Waals surface area contributed by atoms with Crippen molar-refractivity contribution in [3.8, 4) is 0 Å². The average molecular weight is 1450 g/mol. The summed E-state index contributed by atoms with van der Waals surface area (Å²) in [5.74, 6) is 2.77. The maximum absolute atomic E-state index is 11.8. The molecule has 0 aromatic carbocycles. The smallest absolute Gasteiger partial charge is 0.410 e. The maximum Gasteiger partial charge on any atom is 0.410 e. The standard InChI is InChI=1S/C12H24N2O2.C11H20N2O3.C10H20N2O.C10H22N2.3C10H19NO.C7H15NO/c1-10(2)13-6-8-14(9-7-13)11(15)16-12(3,4)5;1-9(2)12-5-7-13(8-6-12)10(14)3-4-11(15)16;1-8(2)10(13)11-9-4-6-12(3)7-5-9;1-4-11-5-7-12(8-6-11)9-10(2)3;1-8(2)10(12)9-4-6-11(3)7-5-9;1-8(2)10(12)9-5-4-6-11(3)7-9;1-8(2)10(12)9-6-4-5-7-11(9)3;1-7(2)8-3-5-9-6-4-8/h10H,6-9H2,1-5H3;9H,3-8H2,1-2H3,(H,15,16);8-9H,4-7H2,1-3H3,(H,11,13);10H,4-9H2,1-3H3;3*8-9H,4-7H2,1-3H3;7H,3-6H2,1-2H3. The van der Waals surface area contributed by atoms with Crippen LogP contribution in [0.3, 0.4) is 0 Å². The zero-order valence-electron chi connectivity index (χ0n) is 69.9. The number of carboxylic acid groups (broad SMARTS) is 1. The van der Waals surface area contributed by atoms with E-state index in [2.05, 4.69) is 140 Å². The van der Waals surface area contributed by atoms with Gasteiger partial charge in [0.15, 0.2) is 5.78 Å². The van der Waals surface area contributed by atoms with Crippen LogP contribution in [0.5, 0.6) is 0 Å². The second-order valence-corrected chi connectivity index (χ2v) is 33.5. The Morgan fingerprint density at radius 3 is 1.31 bits per heavy atom. The van der Waals surface area contributed by atoms with Gasteiger partial charge in [-0.1, -0.05) is 82.6 Å². The molecule has 8 saturated heterocycles. The lowest BCUT2D eigenvalue weighted by Crippen LogP contribution is -2.51. The maximum atomic E-state index is 11.8. The lowest BCUT2D eigenvalue weighted by atomic mass is 9.87. The molecule has 8 aliphatic rings. The quantitative estimate of drug-likeness (QED) is 0.139. The van der Waals surface area contributed by atoms with E-state index in [1.54, 1.807) is 9.80 Å². The van der Waals surface area contributed by atoms with E-state index in [1.807, 2.05) is 76.2 Å². The molecule has 0 aromatic heterocycles. The molecule has 2 unspecified atom stereocenters. The Labute approximate surface area is 624 Å². The van der Waals surface area contributed by atoms with Crippen molar-refractivity contribution in [1.29, 1.82) is 0 Å². The molecule has 2 N–H and O–H groups in total. The van der Waals surface area contributed by atoms with Gasteiger partial charge < -0.3 is 54.2 Å². The summed E-state index contributed by atoms with van der Waals surface area (Å²) in [6.45, 7) is 67.3. The van der Waals surface area contributed by atoms with Gasteiger partial charge in [-0.25, -0.2) is 4.79 Å². The fourth-order valence-electron chi connectivity index (χ4n) is 13.5. The van der Waals surface area contributed by atoms with Crippen molar-refractivity contribution in [3.05, 3.63) is 0 Å². The van der Waals surface area contributed by atoms with Crippen LogP contribution in [-0.4, -0.2) is 328 Å². The highest BCUT2D eigenvalue weighted by molar-refractivity contribution is 5.86. The van der Waals surface area contributed by atoms with Gasteiger partial charge in [0.2, 0.25) is 11.8 Å². The Kier molecular flexibility index (Phi) is 49.4. The zero-order valence-corrected chi connectivity index (χ0v) is 69.9. The number of nitrogens with zero attached hydrogens (tertiary/aromatic N) is 11. The molecule has 8 fully saturated rings. The number of Topliss-reactive ketones (excluding diaryl/α,β-unsaturated/α-hetero) is 3. The Bertz CT molecular complexity index is 2270. The van der Waals surface area contributed by atoms with Crippen LogP contribution in [0.4, 0.5) is 4.79 Å². The molecule has 0 radical (unpaired) electrons. The summed E-state index contributed by atoms with van der Waals surface area (Å²) in [5.41, 5.74) is -0.397. The van der Waals surface area contributed by atoms with Crippen LogP contribution in [-0.2, 0) is 38.2 Å². The van der Waals surface area contributed by atoms with E-state index >= 15 is 0 Å². The normalized spacial score (nSPS) is 21.7. The number of morpholine rings is 1. The van der Waals surface area contributed by atoms with Crippen molar-refractivity contribution in [1.82, 2.24) is 59.2 Å². The number of piperazine rings is 3. The SMILES string of the molecule is CC(C)C(=O)C1CCCCN1C.CC(C)C(=O)C1CCCN(C)C1.CC(C)C(=O)C1CCN(C)CC1.CC(C)C(=O)NC1CCN(C)CC1.CC(C)N1CCN(C(=O)CCC(=O)O)CC1.CC(C)N1CCN(C(=O)OC(C)(C)C)CC1.CC(C)N1CCOCC1.CCN1CCN(CC(C)C)CC1. The van der Waals surface area contributed by atoms with Gasteiger partial charge in [-0.15, -0.1) is 0 Å². The molecular weight excluding hydrogens is 1290 g/mol. The molecule has 0 spiro atoms. The summed E-state index contributed by atoms with van der Waals surface area (Å²) in [6, 6.07) is 2.37. The first-order valence-electron chi connectivity index (χ1n) is 40.2. The van der Waals surface area contributed by atoms with Crippen molar-refractivity contribution in [3.63, 3.8) is 0 Å². The van der Waals surface area contributed by atoms with Crippen molar-refractivity contribution in [2.75, 3.05) is 192 Å². The Morgan fingerprint density at radius 1 is 0.461 bits per heavy atom. The zero-order chi connectivity index (χ0) is 77.4. The van der Waals surface area contributed by atoms with E-state index in [0.29, 0.717) is 53.4 Å². The number of piperidine rings is 4. The van der Waals surface area contributed by atoms with Gasteiger partial charge >= 0.3 is 12.1 Å². The number of carboxylic acids is 1. The molecule has 8 heterocycles. The van der Waals surface area contributed by atoms with Crippen LogP contribution in [0.2, 0.25) is 0 Å². The minimum atomic E-state index is -0.908. The Balaban J connectivity index is 0.000000586. The van der Waals surface area contributed by atoms with Gasteiger partial charge in [0.05, 0.1) is 25.7 Å². The van der Waals surface area contributed by atoms with E-state index in [4.69, 9.17) is 14.6 Å². The first-order chi connectivity index (χ1) is 47.8. The number of likely N-dealkylation sites (tertiary alicyclic amines) is 4. The summed E-state index contributed by atoms with van der Waals surface area (Å²) in [4.78, 5) is 105. The van der Waals surface area contributed by atoms with Crippen molar-refractivity contribution >= 4 is 41.2 Å². The highest BCUT2D eigenvalue weighted by atomic mass is 16.6. The van der Waals surface area contributed by atoms with Gasteiger partial charge in [0.1, 0.15) is 17.2 Å². The van der Waals surface area contributed by atoms with Crippen molar-refractivity contribution in [2.24, 2.45) is 41.4 Å². The molecule has 102 heavy (non-hydrogen) atoms. The number of likely N-dealkylation sites (N-methyl/N-ethyl adjacent to an activating group) is 2. The largest absolute Gasteiger partial charge is 0.481 e. The van der Waals surface area contributed by atoms with E-state index in [0.717, 1.165) is 169 Å². The number of nitrogens with one attached hydrogen (secondary N) is 1. The number of hydrogen-bond acceptors (Lipinski definition) is 18. The fourth-order valence-corrected chi connectivity index (χ4v) is 13.5. The molecule has 0 saturated carbocycles. The Morgan fingerprint density at radius 2 is 0.912 bits per heavy atom. The Hall–Kier alpha value is -3.71. The number of rotatable bonds is 17. The van der Waals surface area contributed by atoms with Gasteiger partial charge in [0.25, 0.3) is 0 Å². The molecule has 3 amide bonds. The molecule has 598 valence electrons. The van der Waals surface area contributed by atoms with Crippen LogP contribution in [0, 0.1) is 41.4 Å². The predicted molar refractivity (Wildman–Crippen MR) is 419 cm³/mol. The number of aliphatic carboxylic acids is 1. The third kappa shape index (κ3) is 42.6. The van der Waals surface area contributed by atoms with Crippen molar-refractivity contribution < 1.29 is 48.1 Å². The van der Waals surface area contributed by atoms with E-state index in [1.165, 1.54) is 58.5 Å². The first-order valence-corrected chi connectivity index (χ1v) is 40.2. The van der Waals surface area contributed by atoms with Crippen molar-refractivity contribution in [2.45, 2.75) is 245 Å². The van der Waals surface area contributed by atoms with Crippen LogP contribution >= 0.6 is 0 Å². The number of amides is 3. The molecule has 0 aliphatic carbocycles. The summed E-state index contributed by atoms with van der Waals surface area (Å²) in [7, 11) is 8.40. The summed E-state index contributed by atoms with van der Waals surface area (Å²) in [6.07, 6.45) is 9.99. The molecule has 22 heteroatoms. The topological polar surface area (TPSA) is 206 Å². The first kappa shape index (κ1) is 96.3. The fraction of sp³-hybridized carbons (Fsp3) is 0.912. The van der Waals surface area contributed by atoms with Gasteiger partial charge in [-0.3, -0.25) is 48.4 Å². The lowest BCUT2D eigenvalue weighted by Gasteiger charge is -2.37. The summed E-state index contributed by atoms with van der Waals surface area (Å²) < 4.78 is 10.5. The molecule has 8 rings (SSSR count). The monoisotopic (exact) mass is 1450 g/mol. The summed E-state index contributed by atoms with van der Waals surface area (Å²) >= 11 is 0. The minimum absolute atomic E-state index is 0.0363. The highest BCUT2D eigenvalue weighted by Gasteiger charge is 2.31. The lowest BCUT2D eigenvalue weighted by molar-refractivity contribution is -0.141. The predicted octanol–water partition coefficient (Wildman–Crippen LogP) is 10.0. The van der Waals surface area contributed by atoms with Crippen LogP contribution in [0.15, 0.2) is 0 Å². The minimum Gasteiger partial charge on any atom is -0.481 e. The van der Waals surface area contributed by atoms with Crippen LogP contribution < -0.4 is 5.32 Å². The summed E-state index contributed by atoms with van der Waals surface area (Å²) in [5, 5.41) is 11.6. The van der Waals surface area contributed by atoms with E-state index in [-0.39, 0.29) is 60.5 Å². The third-order valence-corrected chi connectivity index (χ3v) is 20.5. The highest BCUT2D eigenvalue weighted by Crippen LogP contribution is 2.22. The number of carbonyl (C=O) groups excluding carboxylic acids is 6. The molecule has 22 nitrogen and oxygen atoms in total. The number of ether oxygens (including phenoxy) is 2. The molecule has 0 aromatic rings. The van der Waals surface area contributed by atoms with Crippen LogP contribution in [0.25, 0.3) is 0 Å². The molecule has 0 bridgehead atoms. The average Bonchev–Trinajstić information content (AvgIpc) is 0.881. The van der Waals surface area contributed by atoms with Crippen LogP contribution in [0.1, 0.15) is 209 Å². The van der Waals surface area contributed by atoms with Gasteiger partial charge in [0, 0.05) is 171 Å².